The average Bonchev–Trinajstić information content (AvgIpc) is 3.43. The quantitative estimate of drug-likeness (QED) is 0.742. The molecule has 2 heterocycles. The number of anilines is 1. The molecule has 0 spiro atoms. The molecular formula is C19H22ClN3O4. The number of carboxylic acids is 1. The van der Waals surface area contributed by atoms with Crippen LogP contribution in [0.3, 0.4) is 0 Å². The van der Waals surface area contributed by atoms with Gasteiger partial charge in [0.2, 0.25) is 5.43 Å². The summed E-state index contributed by atoms with van der Waals surface area (Å²) in [6.45, 7) is 2.77. The molecule has 0 bridgehead atoms. The number of hydrogen-bond acceptors (Lipinski definition) is 5. The first kappa shape index (κ1) is 18.1. The van der Waals surface area contributed by atoms with E-state index in [1.807, 2.05) is 4.90 Å². The molecular weight excluding hydrogens is 370 g/mol. The zero-order valence-corrected chi connectivity index (χ0v) is 15.7. The number of aromatic nitrogens is 1. The third-order valence-electron chi connectivity index (χ3n) is 5.53. The number of carboxylic acid groups (broad SMARTS) is 1. The van der Waals surface area contributed by atoms with E-state index in [1.54, 1.807) is 4.57 Å². The summed E-state index contributed by atoms with van der Waals surface area (Å²) in [5.74, 6) is -1.04. The third kappa shape index (κ3) is 2.95. The maximum Gasteiger partial charge on any atom is 0.341 e. The Balaban J connectivity index is 2.01. The van der Waals surface area contributed by atoms with Crippen LogP contribution in [0.4, 0.5) is 5.69 Å². The monoisotopic (exact) mass is 391 g/mol. The molecule has 27 heavy (non-hydrogen) atoms. The largest absolute Gasteiger partial charge is 0.506 e. The molecule has 1 saturated heterocycles. The highest BCUT2D eigenvalue weighted by Crippen LogP contribution is 2.45. The number of nitrogens with two attached hydrogens (primary N) is 1. The van der Waals surface area contributed by atoms with Crippen molar-refractivity contribution in [1.29, 1.82) is 0 Å². The smallest absolute Gasteiger partial charge is 0.341 e. The lowest BCUT2D eigenvalue weighted by Crippen LogP contribution is -2.48. The average molecular weight is 392 g/mol. The van der Waals surface area contributed by atoms with Gasteiger partial charge in [-0.1, -0.05) is 18.5 Å². The lowest BCUT2D eigenvalue weighted by molar-refractivity contribution is 0.0695. The molecule has 1 aromatic heterocycles. The maximum absolute atomic E-state index is 12.7. The van der Waals surface area contributed by atoms with E-state index in [-0.39, 0.29) is 33.9 Å². The van der Waals surface area contributed by atoms with Gasteiger partial charge in [0.25, 0.3) is 0 Å². The number of halogens is 1. The SMILES string of the molecule is CC1CCC(N)N(c2c(O)cc3c(=O)c(C(=O)O)cn(C4CC4)c3c2Cl)C1. The molecule has 2 atom stereocenters. The fourth-order valence-electron chi connectivity index (χ4n) is 3.95. The van der Waals surface area contributed by atoms with Crippen molar-refractivity contribution >= 4 is 34.2 Å². The summed E-state index contributed by atoms with van der Waals surface area (Å²) in [4.78, 5) is 26.0. The standard InChI is InChI=1S/C19H22ClN3O4/c1-9-2-5-14(21)23(7-9)17-13(24)6-11-16(15(17)20)22(10-3-4-10)8-12(18(11)25)19(26)27/h6,8-10,14,24H,2-5,7,21H2,1H3,(H,26,27). The van der Waals surface area contributed by atoms with Gasteiger partial charge in [0.15, 0.2) is 0 Å². The van der Waals surface area contributed by atoms with Crippen molar-refractivity contribution < 1.29 is 15.0 Å². The molecule has 2 fully saturated rings. The van der Waals surface area contributed by atoms with Gasteiger partial charge < -0.3 is 25.4 Å². The van der Waals surface area contributed by atoms with Crippen LogP contribution in [-0.2, 0) is 0 Å². The number of pyridine rings is 1. The van der Waals surface area contributed by atoms with Crippen LogP contribution in [0, 0.1) is 5.92 Å². The van der Waals surface area contributed by atoms with Crippen LogP contribution in [0.5, 0.6) is 5.75 Å². The van der Waals surface area contributed by atoms with Gasteiger partial charge in [-0.3, -0.25) is 4.79 Å². The number of benzene rings is 1. The maximum atomic E-state index is 12.7. The first-order chi connectivity index (χ1) is 12.8. The lowest BCUT2D eigenvalue weighted by Gasteiger charge is -2.39. The van der Waals surface area contributed by atoms with Crippen LogP contribution in [0.15, 0.2) is 17.1 Å². The van der Waals surface area contributed by atoms with Gasteiger partial charge in [-0.2, -0.15) is 0 Å². The molecule has 0 amide bonds. The van der Waals surface area contributed by atoms with Crippen LogP contribution in [0.1, 0.15) is 49.0 Å². The van der Waals surface area contributed by atoms with E-state index in [2.05, 4.69) is 6.92 Å². The molecule has 2 aromatic rings. The minimum atomic E-state index is -1.29. The summed E-state index contributed by atoms with van der Waals surface area (Å²) < 4.78 is 1.77. The Bertz CT molecular complexity index is 999. The number of carbonyl (C=O) groups is 1. The second kappa shape index (κ2) is 6.42. The van der Waals surface area contributed by atoms with Crippen molar-refractivity contribution in [2.75, 3.05) is 11.4 Å². The van der Waals surface area contributed by atoms with Gasteiger partial charge in [-0.25, -0.2) is 4.79 Å². The summed E-state index contributed by atoms with van der Waals surface area (Å²) in [5, 5.41) is 20.4. The zero-order valence-electron chi connectivity index (χ0n) is 15.0. The van der Waals surface area contributed by atoms with Gasteiger partial charge in [-0.15, -0.1) is 0 Å². The molecule has 144 valence electrons. The van der Waals surface area contributed by atoms with Crippen molar-refractivity contribution in [2.24, 2.45) is 11.7 Å². The predicted octanol–water partition coefficient (Wildman–Crippen LogP) is 2.91. The Labute approximate surface area is 160 Å². The summed E-state index contributed by atoms with van der Waals surface area (Å²) in [6, 6.07) is 1.44. The Kier molecular flexibility index (Phi) is 4.31. The van der Waals surface area contributed by atoms with Crippen molar-refractivity contribution in [3.05, 3.63) is 33.1 Å². The fraction of sp³-hybridized carbons (Fsp3) is 0.474. The Hall–Kier alpha value is -2.25. The van der Waals surface area contributed by atoms with Gasteiger partial charge in [-0.05, 0) is 37.7 Å². The second-order valence-electron chi connectivity index (χ2n) is 7.67. The van der Waals surface area contributed by atoms with Gasteiger partial charge in [0, 0.05) is 18.8 Å². The molecule has 7 nitrogen and oxygen atoms in total. The third-order valence-corrected chi connectivity index (χ3v) is 5.89. The number of phenolic OH excluding ortho intramolecular Hbond substituents is 1. The number of fused-ring (bicyclic) bond motifs is 1. The number of nitrogens with zero attached hydrogens (tertiary/aromatic N) is 2. The Morgan fingerprint density at radius 3 is 2.63 bits per heavy atom. The molecule has 1 saturated carbocycles. The number of aromatic carboxylic acids is 1. The van der Waals surface area contributed by atoms with Crippen LogP contribution in [0.2, 0.25) is 5.02 Å². The highest BCUT2D eigenvalue weighted by molar-refractivity contribution is 6.38. The first-order valence-electron chi connectivity index (χ1n) is 9.15. The minimum absolute atomic E-state index is 0.107. The van der Waals surface area contributed by atoms with Crippen molar-refractivity contribution in [2.45, 2.75) is 44.8 Å². The fourth-order valence-corrected chi connectivity index (χ4v) is 4.35. The van der Waals surface area contributed by atoms with Gasteiger partial charge in [0.05, 0.1) is 22.1 Å². The Morgan fingerprint density at radius 2 is 2.00 bits per heavy atom. The number of aromatic hydroxyl groups is 1. The number of hydrogen-bond donors (Lipinski definition) is 3. The van der Waals surface area contributed by atoms with Gasteiger partial charge in [0.1, 0.15) is 17.0 Å². The molecule has 1 aliphatic carbocycles. The van der Waals surface area contributed by atoms with Crippen molar-refractivity contribution in [3.8, 4) is 5.75 Å². The van der Waals surface area contributed by atoms with E-state index in [0.29, 0.717) is 23.7 Å². The molecule has 1 aliphatic heterocycles. The zero-order chi connectivity index (χ0) is 19.5. The molecule has 2 unspecified atom stereocenters. The predicted molar refractivity (Wildman–Crippen MR) is 104 cm³/mol. The molecule has 0 radical (unpaired) electrons. The molecule has 8 heteroatoms. The van der Waals surface area contributed by atoms with E-state index in [9.17, 15) is 19.8 Å². The Morgan fingerprint density at radius 1 is 1.30 bits per heavy atom. The summed E-state index contributed by atoms with van der Waals surface area (Å²) >= 11 is 6.71. The number of rotatable bonds is 3. The number of piperidine rings is 1. The van der Waals surface area contributed by atoms with Crippen molar-refractivity contribution in [1.82, 2.24) is 4.57 Å². The van der Waals surface area contributed by atoms with Gasteiger partial charge >= 0.3 is 5.97 Å². The van der Waals surface area contributed by atoms with E-state index in [1.165, 1.54) is 12.3 Å². The summed E-state index contributed by atoms with van der Waals surface area (Å²) in [5.41, 5.74) is 6.19. The minimum Gasteiger partial charge on any atom is -0.506 e. The van der Waals surface area contributed by atoms with Crippen molar-refractivity contribution in [3.63, 3.8) is 0 Å². The second-order valence-corrected chi connectivity index (χ2v) is 8.05. The molecule has 1 aromatic carbocycles. The normalized spacial score (nSPS) is 23.0. The highest BCUT2D eigenvalue weighted by atomic mass is 35.5. The highest BCUT2D eigenvalue weighted by Gasteiger charge is 2.32. The molecule has 4 rings (SSSR count). The summed E-state index contributed by atoms with van der Waals surface area (Å²) in [6.07, 6.45) is 4.66. The van der Waals surface area contributed by atoms with Crippen LogP contribution >= 0.6 is 11.6 Å². The van der Waals surface area contributed by atoms with E-state index in [0.717, 1.165) is 25.7 Å². The lowest BCUT2D eigenvalue weighted by atomic mass is 9.97. The van der Waals surface area contributed by atoms with Crippen LogP contribution in [-0.4, -0.2) is 33.5 Å². The topological polar surface area (TPSA) is 109 Å². The van der Waals surface area contributed by atoms with Crippen LogP contribution < -0.4 is 16.1 Å². The van der Waals surface area contributed by atoms with Crippen LogP contribution in [0.25, 0.3) is 10.9 Å². The first-order valence-corrected chi connectivity index (χ1v) is 9.53. The van der Waals surface area contributed by atoms with E-state index in [4.69, 9.17) is 17.3 Å². The molecule has 2 aliphatic rings. The van der Waals surface area contributed by atoms with E-state index < -0.39 is 11.4 Å². The van der Waals surface area contributed by atoms with E-state index >= 15 is 0 Å². The number of phenols is 1. The summed E-state index contributed by atoms with van der Waals surface area (Å²) in [7, 11) is 0. The molecule has 4 N–H and O–H groups in total.